The molecule has 0 aliphatic carbocycles. The van der Waals surface area contributed by atoms with Crippen LogP contribution in [-0.4, -0.2) is 46.7 Å². The Hall–Kier alpha value is -2.08. The third-order valence-electron chi connectivity index (χ3n) is 4.61. The summed E-state index contributed by atoms with van der Waals surface area (Å²) in [7, 11) is 0. The summed E-state index contributed by atoms with van der Waals surface area (Å²) >= 11 is 0. The first kappa shape index (κ1) is 19.2. The summed E-state index contributed by atoms with van der Waals surface area (Å²) in [6.45, 7) is 9.85. The fourth-order valence-electron chi connectivity index (χ4n) is 2.66. The number of carbonyl (C=O) groups is 2. The molecule has 6 heteroatoms. The van der Waals surface area contributed by atoms with E-state index in [4.69, 9.17) is 4.74 Å². The smallest absolute Gasteiger partial charge is 0.325 e. The van der Waals surface area contributed by atoms with Crippen LogP contribution in [0.2, 0.25) is 0 Å². The highest BCUT2D eigenvalue weighted by atomic mass is 16.5. The van der Waals surface area contributed by atoms with E-state index >= 15 is 0 Å². The van der Waals surface area contributed by atoms with Gasteiger partial charge in [-0.2, -0.15) is 0 Å². The fourth-order valence-corrected chi connectivity index (χ4v) is 2.66. The Kier molecular flexibility index (Phi) is 5.42. The second-order valence-electron chi connectivity index (χ2n) is 7.77. The number of nitrogens with one attached hydrogen (secondary N) is 1. The van der Waals surface area contributed by atoms with Gasteiger partial charge in [0.15, 0.2) is 0 Å². The molecule has 1 fully saturated rings. The van der Waals surface area contributed by atoms with E-state index in [-0.39, 0.29) is 24.5 Å². The Balaban J connectivity index is 1.90. The van der Waals surface area contributed by atoms with Crippen LogP contribution in [0.1, 0.15) is 46.6 Å². The van der Waals surface area contributed by atoms with Crippen molar-refractivity contribution in [3.05, 3.63) is 29.8 Å². The number of urea groups is 1. The zero-order valence-corrected chi connectivity index (χ0v) is 15.6. The van der Waals surface area contributed by atoms with Gasteiger partial charge < -0.3 is 15.2 Å². The van der Waals surface area contributed by atoms with E-state index in [1.165, 1.54) is 5.56 Å². The molecule has 0 unspecified atom stereocenters. The molecule has 0 spiro atoms. The minimum absolute atomic E-state index is 0.00869. The highest BCUT2D eigenvalue weighted by molar-refractivity contribution is 6.06. The summed E-state index contributed by atoms with van der Waals surface area (Å²) in [4.78, 5) is 25.3. The van der Waals surface area contributed by atoms with Crippen molar-refractivity contribution in [3.63, 3.8) is 0 Å². The molecule has 25 heavy (non-hydrogen) atoms. The van der Waals surface area contributed by atoms with Gasteiger partial charge in [0.1, 0.15) is 24.0 Å². The van der Waals surface area contributed by atoms with Crippen molar-refractivity contribution in [2.75, 3.05) is 13.2 Å². The van der Waals surface area contributed by atoms with E-state index in [9.17, 15) is 14.7 Å². The van der Waals surface area contributed by atoms with Crippen molar-refractivity contribution in [2.24, 2.45) is 0 Å². The quantitative estimate of drug-likeness (QED) is 0.774. The Labute approximate surface area is 149 Å². The summed E-state index contributed by atoms with van der Waals surface area (Å²) in [5.41, 5.74) is 0.368. The lowest BCUT2D eigenvalue weighted by Crippen LogP contribution is -2.44. The number of aliphatic hydroxyl groups is 1. The summed E-state index contributed by atoms with van der Waals surface area (Å²) in [6, 6.07) is 7.23. The molecule has 1 aliphatic heterocycles. The van der Waals surface area contributed by atoms with Crippen LogP contribution in [-0.2, 0) is 10.2 Å². The maximum absolute atomic E-state index is 12.3. The van der Waals surface area contributed by atoms with Crippen molar-refractivity contribution in [2.45, 2.75) is 58.1 Å². The van der Waals surface area contributed by atoms with Gasteiger partial charge in [0.05, 0.1) is 6.54 Å². The van der Waals surface area contributed by atoms with Crippen molar-refractivity contribution in [1.82, 2.24) is 10.2 Å². The highest BCUT2D eigenvalue weighted by Crippen LogP contribution is 2.24. The summed E-state index contributed by atoms with van der Waals surface area (Å²) < 4.78 is 5.57. The standard InChI is InChI=1S/C19H28N2O4/c1-6-19(5)16(23)21(17(24)20-19)11-14(22)12-25-15-9-7-13(8-10-15)18(2,3)4/h7-10,14,22H,6,11-12H2,1-5H3,(H,20,24)/t14-,19-/m0/s1. The molecule has 1 aliphatic rings. The summed E-state index contributed by atoms with van der Waals surface area (Å²) in [6.07, 6.45) is -0.447. The van der Waals surface area contributed by atoms with E-state index < -0.39 is 17.7 Å². The number of aliphatic hydroxyl groups excluding tert-OH is 1. The Morgan fingerprint density at radius 1 is 1.24 bits per heavy atom. The first-order valence-corrected chi connectivity index (χ1v) is 8.62. The van der Waals surface area contributed by atoms with Gasteiger partial charge in [-0.15, -0.1) is 0 Å². The molecule has 1 aromatic rings. The number of benzene rings is 1. The average Bonchev–Trinajstić information content (AvgIpc) is 2.76. The maximum Gasteiger partial charge on any atom is 0.325 e. The van der Waals surface area contributed by atoms with E-state index in [1.54, 1.807) is 6.92 Å². The van der Waals surface area contributed by atoms with E-state index in [2.05, 4.69) is 26.1 Å². The molecule has 1 saturated heterocycles. The van der Waals surface area contributed by atoms with Crippen LogP contribution in [0.3, 0.4) is 0 Å². The number of ether oxygens (including phenoxy) is 1. The lowest BCUT2D eigenvalue weighted by molar-refractivity contribution is -0.132. The molecule has 2 atom stereocenters. The van der Waals surface area contributed by atoms with Crippen LogP contribution in [0.15, 0.2) is 24.3 Å². The van der Waals surface area contributed by atoms with E-state index in [1.807, 2.05) is 31.2 Å². The van der Waals surface area contributed by atoms with Crippen LogP contribution < -0.4 is 10.1 Å². The Bertz CT molecular complexity index is 636. The van der Waals surface area contributed by atoms with Crippen molar-refractivity contribution >= 4 is 11.9 Å². The zero-order valence-electron chi connectivity index (χ0n) is 15.6. The Morgan fingerprint density at radius 2 is 1.84 bits per heavy atom. The van der Waals surface area contributed by atoms with Crippen molar-refractivity contribution in [3.8, 4) is 5.75 Å². The summed E-state index contributed by atoms with van der Waals surface area (Å²) in [5.74, 6) is 0.330. The predicted octanol–water partition coefficient (Wildman–Crippen LogP) is 2.44. The van der Waals surface area contributed by atoms with Gasteiger partial charge >= 0.3 is 6.03 Å². The molecule has 0 bridgehead atoms. The van der Waals surface area contributed by atoms with E-state index in [0.29, 0.717) is 12.2 Å². The molecule has 1 heterocycles. The van der Waals surface area contributed by atoms with Gasteiger partial charge in [-0.25, -0.2) is 4.79 Å². The van der Waals surface area contributed by atoms with Gasteiger partial charge in [0, 0.05) is 0 Å². The molecule has 0 radical (unpaired) electrons. The summed E-state index contributed by atoms with van der Waals surface area (Å²) in [5, 5.41) is 12.8. The number of amides is 3. The van der Waals surface area contributed by atoms with Crippen LogP contribution in [0.4, 0.5) is 4.79 Å². The molecule has 0 aromatic heterocycles. The first-order valence-electron chi connectivity index (χ1n) is 8.62. The predicted molar refractivity (Wildman–Crippen MR) is 95.6 cm³/mol. The van der Waals surface area contributed by atoms with Crippen LogP contribution >= 0.6 is 0 Å². The lowest BCUT2D eigenvalue weighted by Gasteiger charge is -2.21. The third-order valence-corrected chi connectivity index (χ3v) is 4.61. The van der Waals surface area contributed by atoms with E-state index in [0.717, 1.165) is 4.90 Å². The fraction of sp³-hybridized carbons (Fsp3) is 0.579. The minimum atomic E-state index is -0.948. The monoisotopic (exact) mass is 348 g/mol. The van der Waals surface area contributed by atoms with Gasteiger partial charge in [0.2, 0.25) is 0 Å². The van der Waals surface area contributed by atoms with Crippen LogP contribution in [0.25, 0.3) is 0 Å². The molecule has 0 saturated carbocycles. The number of rotatable bonds is 6. The molecular weight excluding hydrogens is 320 g/mol. The van der Waals surface area contributed by atoms with Crippen LogP contribution in [0.5, 0.6) is 5.75 Å². The largest absolute Gasteiger partial charge is 0.491 e. The second kappa shape index (κ2) is 7.04. The third kappa shape index (κ3) is 4.31. The van der Waals surface area contributed by atoms with Gasteiger partial charge in [0.25, 0.3) is 5.91 Å². The molecule has 6 nitrogen and oxygen atoms in total. The SMILES string of the molecule is CC[C@]1(C)NC(=O)N(C[C@H](O)COc2ccc(C(C)(C)C)cc2)C1=O. The molecule has 2 rings (SSSR count). The topological polar surface area (TPSA) is 78.9 Å². The van der Waals surface area contributed by atoms with Gasteiger partial charge in [-0.3, -0.25) is 9.69 Å². The molecule has 3 amide bonds. The van der Waals surface area contributed by atoms with Crippen molar-refractivity contribution < 1.29 is 19.4 Å². The maximum atomic E-state index is 12.3. The number of carbonyl (C=O) groups excluding carboxylic acids is 2. The zero-order chi connectivity index (χ0) is 18.8. The number of hydrogen-bond acceptors (Lipinski definition) is 4. The second-order valence-corrected chi connectivity index (χ2v) is 7.77. The number of nitrogens with zero attached hydrogens (tertiary/aromatic N) is 1. The normalized spacial score (nSPS) is 22.1. The number of hydrogen-bond donors (Lipinski definition) is 2. The first-order chi connectivity index (χ1) is 11.6. The van der Waals surface area contributed by atoms with Gasteiger partial charge in [-0.1, -0.05) is 39.8 Å². The van der Waals surface area contributed by atoms with Gasteiger partial charge in [-0.05, 0) is 36.5 Å². The highest BCUT2D eigenvalue weighted by Gasteiger charge is 2.46. The molecule has 2 N–H and O–H groups in total. The average molecular weight is 348 g/mol. The number of β-amino-alcohol motifs (C(OH)–C–C–N with tert-alkyl or cyclic N) is 1. The lowest BCUT2D eigenvalue weighted by atomic mass is 9.87. The Morgan fingerprint density at radius 3 is 2.32 bits per heavy atom. The minimum Gasteiger partial charge on any atom is -0.491 e. The van der Waals surface area contributed by atoms with Crippen molar-refractivity contribution in [1.29, 1.82) is 0 Å². The molecule has 138 valence electrons. The molecular formula is C19H28N2O4. The molecule has 1 aromatic carbocycles. The number of imide groups is 1. The van der Waals surface area contributed by atoms with Crippen LogP contribution in [0, 0.1) is 0 Å².